The van der Waals surface area contributed by atoms with Crippen molar-refractivity contribution in [3.63, 3.8) is 0 Å². The number of benzene rings is 3. The van der Waals surface area contributed by atoms with E-state index in [0.717, 1.165) is 37.1 Å². The Bertz CT molecular complexity index is 917. The third-order valence-electron chi connectivity index (χ3n) is 4.66. The predicted octanol–water partition coefficient (Wildman–Crippen LogP) is 6.75. The molecule has 0 aliphatic heterocycles. The molecule has 3 heteroatoms. The highest BCUT2D eigenvalue weighted by molar-refractivity contribution is 9.10. The minimum Gasteiger partial charge on any atom is -0.151 e. The van der Waals surface area contributed by atoms with Gasteiger partial charge >= 0.3 is 0 Å². The molecule has 2 nitrogen and oxygen atoms in total. The first kappa shape index (κ1) is 16.2. The van der Waals surface area contributed by atoms with Crippen molar-refractivity contribution in [2.45, 2.75) is 25.7 Å². The van der Waals surface area contributed by atoms with E-state index in [1.165, 1.54) is 26.7 Å². The molecule has 0 aromatic heterocycles. The summed E-state index contributed by atoms with van der Waals surface area (Å²) in [6, 6.07) is 23.3. The van der Waals surface area contributed by atoms with Crippen LogP contribution in [0.15, 0.2) is 81.4 Å². The van der Waals surface area contributed by atoms with E-state index in [2.05, 4.69) is 62.6 Å². The van der Waals surface area contributed by atoms with E-state index < -0.39 is 0 Å². The largest absolute Gasteiger partial charge is 0.151 e. The van der Waals surface area contributed by atoms with Crippen LogP contribution in [0.1, 0.15) is 22.3 Å². The molecule has 0 radical (unpaired) electrons. The Balaban J connectivity index is 1.68. The summed E-state index contributed by atoms with van der Waals surface area (Å²) in [5.74, 6) is 0. The first-order valence-electron chi connectivity index (χ1n) is 8.64. The Labute approximate surface area is 156 Å². The number of hydrogen-bond donors (Lipinski definition) is 0. The number of rotatable bonds is 2. The molecule has 0 amide bonds. The normalized spacial score (nSPS) is 13.8. The van der Waals surface area contributed by atoms with Gasteiger partial charge in [-0.05, 0) is 72.2 Å². The zero-order valence-corrected chi connectivity index (χ0v) is 15.5. The number of hydrogen-bond acceptors (Lipinski definition) is 2. The molecule has 0 saturated heterocycles. The average molecular weight is 391 g/mol. The second-order valence-corrected chi connectivity index (χ2v) is 7.28. The lowest BCUT2D eigenvalue weighted by molar-refractivity contribution is 0.913. The molecule has 3 aromatic rings. The Morgan fingerprint density at radius 1 is 0.640 bits per heavy atom. The highest BCUT2D eigenvalue weighted by Gasteiger charge is 2.09. The minimum absolute atomic E-state index is 0.888. The average Bonchev–Trinajstić information content (AvgIpc) is 2.64. The van der Waals surface area contributed by atoms with Gasteiger partial charge in [0.2, 0.25) is 0 Å². The van der Waals surface area contributed by atoms with Gasteiger partial charge in [0.05, 0.1) is 11.4 Å². The van der Waals surface area contributed by atoms with E-state index in [4.69, 9.17) is 0 Å². The van der Waals surface area contributed by atoms with E-state index in [-0.39, 0.29) is 0 Å². The van der Waals surface area contributed by atoms with Crippen molar-refractivity contribution in [1.29, 1.82) is 0 Å². The summed E-state index contributed by atoms with van der Waals surface area (Å²) in [4.78, 5) is 0. The van der Waals surface area contributed by atoms with Crippen LogP contribution in [0, 0.1) is 0 Å². The fourth-order valence-corrected chi connectivity index (χ4v) is 3.81. The van der Waals surface area contributed by atoms with Crippen molar-refractivity contribution in [3.8, 4) is 0 Å². The zero-order valence-electron chi connectivity index (χ0n) is 14.0. The molecule has 0 unspecified atom stereocenters. The van der Waals surface area contributed by atoms with E-state index in [1.54, 1.807) is 0 Å². The Morgan fingerprint density at radius 2 is 1.32 bits per heavy atom. The van der Waals surface area contributed by atoms with Gasteiger partial charge in [-0.15, -0.1) is 0 Å². The highest BCUT2D eigenvalue weighted by atomic mass is 79.9. The third kappa shape index (κ3) is 3.88. The third-order valence-corrected chi connectivity index (χ3v) is 5.40. The molecule has 0 N–H and O–H groups in total. The molecule has 25 heavy (non-hydrogen) atoms. The maximum Gasteiger partial charge on any atom is 0.0891 e. The van der Waals surface area contributed by atoms with Crippen LogP contribution >= 0.6 is 15.9 Å². The number of aryl methyl sites for hydroxylation is 4. The van der Waals surface area contributed by atoms with Crippen molar-refractivity contribution in [2.24, 2.45) is 10.2 Å². The lowest BCUT2D eigenvalue weighted by Crippen LogP contribution is -1.99. The van der Waals surface area contributed by atoms with Crippen molar-refractivity contribution in [3.05, 3.63) is 93.5 Å². The quantitative estimate of drug-likeness (QED) is 0.432. The van der Waals surface area contributed by atoms with Crippen LogP contribution in [0.3, 0.4) is 0 Å². The highest BCUT2D eigenvalue weighted by Crippen LogP contribution is 2.28. The number of azo groups is 1. The van der Waals surface area contributed by atoms with Gasteiger partial charge in [-0.3, -0.25) is 0 Å². The van der Waals surface area contributed by atoms with Crippen LogP contribution in [-0.2, 0) is 25.7 Å². The minimum atomic E-state index is 0.888. The van der Waals surface area contributed by atoms with Crippen LogP contribution in [0.2, 0.25) is 0 Å². The maximum absolute atomic E-state index is 4.56. The molecular formula is C22H19BrN2. The van der Waals surface area contributed by atoms with Crippen molar-refractivity contribution in [2.75, 3.05) is 0 Å². The molecule has 4 aliphatic carbocycles. The topological polar surface area (TPSA) is 24.7 Å². The van der Waals surface area contributed by atoms with Crippen LogP contribution in [0.4, 0.5) is 11.4 Å². The molecule has 0 spiro atoms. The molecule has 7 rings (SSSR count). The maximum atomic E-state index is 4.56. The summed E-state index contributed by atoms with van der Waals surface area (Å²) in [5, 5.41) is 8.98. The van der Waals surface area contributed by atoms with Gasteiger partial charge in [0.15, 0.2) is 0 Å². The summed E-state index contributed by atoms with van der Waals surface area (Å²) in [7, 11) is 0. The summed E-state index contributed by atoms with van der Waals surface area (Å²) in [6.07, 6.45) is 4.00. The molecule has 3 aromatic carbocycles. The Kier molecular flexibility index (Phi) is 4.75. The Morgan fingerprint density at radius 3 is 2.08 bits per heavy atom. The predicted molar refractivity (Wildman–Crippen MR) is 106 cm³/mol. The molecule has 0 fully saturated rings. The zero-order chi connectivity index (χ0) is 17.1. The SMILES string of the molecule is Brc1cc2ccc1CCc1ccc(c(N=Nc3ccccc3)c1)CC2. The van der Waals surface area contributed by atoms with Gasteiger partial charge < -0.3 is 0 Å². The summed E-state index contributed by atoms with van der Waals surface area (Å²) in [5.41, 5.74) is 7.16. The van der Waals surface area contributed by atoms with E-state index in [0.29, 0.717) is 0 Å². The van der Waals surface area contributed by atoms with Crippen LogP contribution < -0.4 is 0 Å². The number of nitrogens with zero attached hydrogens (tertiary/aromatic N) is 2. The lowest BCUT2D eigenvalue weighted by atomic mass is 9.96. The molecule has 4 bridgehead atoms. The van der Waals surface area contributed by atoms with E-state index >= 15 is 0 Å². The number of halogens is 1. The fourth-order valence-electron chi connectivity index (χ4n) is 3.18. The van der Waals surface area contributed by atoms with Crippen LogP contribution in [0.5, 0.6) is 0 Å². The first-order chi connectivity index (χ1) is 12.3. The summed E-state index contributed by atoms with van der Waals surface area (Å²) < 4.78 is 1.23. The summed E-state index contributed by atoms with van der Waals surface area (Å²) >= 11 is 3.72. The van der Waals surface area contributed by atoms with Gasteiger partial charge in [-0.2, -0.15) is 10.2 Å². The fraction of sp³-hybridized carbons (Fsp3) is 0.182. The summed E-state index contributed by atoms with van der Waals surface area (Å²) in [6.45, 7) is 0. The molecule has 0 atom stereocenters. The van der Waals surface area contributed by atoms with Crippen molar-refractivity contribution >= 4 is 27.3 Å². The smallest absolute Gasteiger partial charge is 0.0891 e. The first-order valence-corrected chi connectivity index (χ1v) is 9.43. The van der Waals surface area contributed by atoms with E-state index in [1.807, 2.05) is 30.3 Å². The van der Waals surface area contributed by atoms with Gasteiger partial charge in [-0.25, -0.2) is 0 Å². The molecular weight excluding hydrogens is 372 g/mol. The second kappa shape index (κ2) is 7.32. The van der Waals surface area contributed by atoms with E-state index in [9.17, 15) is 0 Å². The molecule has 0 saturated carbocycles. The van der Waals surface area contributed by atoms with Gasteiger partial charge in [0.25, 0.3) is 0 Å². The lowest BCUT2D eigenvalue weighted by Gasteiger charge is -2.13. The van der Waals surface area contributed by atoms with Gasteiger partial charge in [0, 0.05) is 4.47 Å². The van der Waals surface area contributed by atoms with Crippen molar-refractivity contribution < 1.29 is 0 Å². The van der Waals surface area contributed by atoms with Gasteiger partial charge in [-0.1, -0.05) is 58.4 Å². The van der Waals surface area contributed by atoms with Gasteiger partial charge in [0.1, 0.15) is 0 Å². The molecule has 4 aliphatic rings. The monoisotopic (exact) mass is 390 g/mol. The standard InChI is InChI=1S/C22H19BrN2/c23-21-14-16-6-10-18(21)11-7-17-9-13-19(12-8-16)22(15-17)25-24-20-4-2-1-3-5-20/h1-6,9-10,13-15H,7-8,11-12H2. The van der Waals surface area contributed by atoms with Crippen molar-refractivity contribution in [1.82, 2.24) is 0 Å². The second-order valence-electron chi connectivity index (χ2n) is 6.42. The van der Waals surface area contributed by atoms with Crippen LogP contribution in [-0.4, -0.2) is 0 Å². The molecule has 124 valence electrons. The molecule has 0 heterocycles. The van der Waals surface area contributed by atoms with Crippen LogP contribution in [0.25, 0.3) is 0 Å². The Hall–Kier alpha value is -2.26.